The van der Waals surface area contributed by atoms with E-state index in [4.69, 9.17) is 0 Å². The smallest absolute Gasteiger partial charge is 0.0520 e. The van der Waals surface area contributed by atoms with Gasteiger partial charge in [-0.25, -0.2) is 0 Å². The van der Waals surface area contributed by atoms with Gasteiger partial charge >= 0.3 is 0 Å². The van der Waals surface area contributed by atoms with E-state index in [1.165, 1.54) is 95.3 Å². The number of anilines is 4. The molecule has 384 valence electrons. The first-order valence-corrected chi connectivity index (χ1v) is 27.9. The van der Waals surface area contributed by atoms with Crippen molar-refractivity contribution in [3.05, 3.63) is 238 Å². The van der Waals surface area contributed by atoms with Crippen LogP contribution in [0.4, 0.5) is 22.7 Å². The first kappa shape index (κ1) is 53.9. The lowest BCUT2D eigenvalue weighted by molar-refractivity contribution is 0.155. The molecule has 5 aromatic carbocycles. The van der Waals surface area contributed by atoms with Gasteiger partial charge in [0.05, 0.1) is 11.4 Å². The summed E-state index contributed by atoms with van der Waals surface area (Å²) in [5.74, 6) is 0. The maximum atomic E-state index is 4.02. The topological polar surface area (TPSA) is 6.48 Å². The molecule has 3 aliphatic rings. The largest absolute Gasteiger partial charge is 0.310 e. The van der Waals surface area contributed by atoms with Gasteiger partial charge in [-0.05, 0) is 196 Å². The van der Waals surface area contributed by atoms with E-state index in [9.17, 15) is 0 Å². The Morgan fingerprint density at radius 2 is 0.959 bits per heavy atom. The average molecular weight is 979 g/mol. The molecule has 5 aromatic rings. The number of benzene rings is 5. The van der Waals surface area contributed by atoms with Gasteiger partial charge < -0.3 is 9.80 Å². The molecule has 8 rings (SSSR count). The third kappa shape index (κ3) is 9.52. The number of allylic oxidation sites excluding steroid dienone is 13. The van der Waals surface area contributed by atoms with E-state index in [0.717, 1.165) is 44.9 Å². The summed E-state index contributed by atoms with van der Waals surface area (Å²) < 4.78 is 0. The third-order valence-electron chi connectivity index (χ3n) is 18.8. The van der Waals surface area contributed by atoms with E-state index in [-0.39, 0.29) is 21.7 Å². The normalized spacial score (nSPS) is 20.2. The highest BCUT2D eigenvalue weighted by molar-refractivity contribution is 5.90. The van der Waals surface area contributed by atoms with Gasteiger partial charge in [0, 0.05) is 39.0 Å². The lowest BCUT2D eigenvalue weighted by Gasteiger charge is -2.42. The Kier molecular flexibility index (Phi) is 15.6. The van der Waals surface area contributed by atoms with Crippen molar-refractivity contribution in [2.24, 2.45) is 21.7 Å². The van der Waals surface area contributed by atoms with Gasteiger partial charge in [-0.15, -0.1) is 0 Å². The van der Waals surface area contributed by atoms with Gasteiger partial charge in [-0.3, -0.25) is 0 Å². The number of hydrogen-bond acceptors (Lipinski definition) is 2. The monoisotopic (exact) mass is 979 g/mol. The van der Waals surface area contributed by atoms with Crippen molar-refractivity contribution in [3.8, 4) is 11.1 Å². The molecule has 2 atom stereocenters. The molecule has 3 aliphatic carbocycles. The fraction of sp³-hybridized carbons (Fsp3) is 0.361. The van der Waals surface area contributed by atoms with Crippen molar-refractivity contribution in [1.29, 1.82) is 0 Å². The van der Waals surface area contributed by atoms with Gasteiger partial charge in [0.15, 0.2) is 0 Å². The number of rotatable bonds is 18. The molecular formula is C72H86N2. The summed E-state index contributed by atoms with van der Waals surface area (Å²) in [6.07, 6.45) is 37.6. The van der Waals surface area contributed by atoms with E-state index in [1.54, 1.807) is 0 Å². The van der Waals surface area contributed by atoms with Crippen molar-refractivity contribution < 1.29 is 0 Å². The fourth-order valence-electron chi connectivity index (χ4n) is 13.2. The summed E-state index contributed by atoms with van der Waals surface area (Å²) >= 11 is 0. The summed E-state index contributed by atoms with van der Waals surface area (Å²) in [5.41, 5.74) is 21.0. The van der Waals surface area contributed by atoms with E-state index in [0.29, 0.717) is 0 Å². The van der Waals surface area contributed by atoms with Gasteiger partial charge in [0.2, 0.25) is 0 Å². The molecule has 0 heterocycles. The maximum Gasteiger partial charge on any atom is 0.0520 e. The first-order valence-electron chi connectivity index (χ1n) is 27.9. The van der Waals surface area contributed by atoms with Crippen LogP contribution in [0.2, 0.25) is 0 Å². The number of hydrogen-bond donors (Lipinski definition) is 0. The molecule has 2 heteroatoms. The van der Waals surface area contributed by atoms with Crippen LogP contribution in [0.1, 0.15) is 150 Å². The molecule has 2 nitrogen and oxygen atoms in total. The minimum atomic E-state index is -0.460. The van der Waals surface area contributed by atoms with Crippen molar-refractivity contribution in [2.45, 2.75) is 147 Å². The average Bonchev–Trinajstić information content (AvgIpc) is 3.52. The van der Waals surface area contributed by atoms with Crippen LogP contribution >= 0.6 is 0 Å². The highest BCUT2D eigenvalue weighted by Crippen LogP contribution is 2.58. The Bertz CT molecular complexity index is 2890. The predicted molar refractivity (Wildman–Crippen MR) is 323 cm³/mol. The second kappa shape index (κ2) is 21.5. The summed E-state index contributed by atoms with van der Waals surface area (Å²) in [7, 11) is 0. The van der Waals surface area contributed by atoms with Crippen LogP contribution in [0, 0.1) is 63.2 Å². The molecule has 0 radical (unpaired) electrons. The SMILES string of the molecule is C=C/C=C/CCCC1(c2ccccc2)c2cc(N(C3=CC=CC(C)(C(C)(CC)CC)C=C3)c3c(C)cc(C)cc3C)ccc2-c2ccc(N(C3=CC=CC(C)(C(C)(CC)CC)C=C3)c3c(C)cc(C)cc3C)cc21. The van der Waals surface area contributed by atoms with Crippen LogP contribution in [0.15, 0.2) is 188 Å². The zero-order valence-corrected chi connectivity index (χ0v) is 47.7. The Morgan fingerprint density at radius 1 is 0.541 bits per heavy atom. The summed E-state index contributed by atoms with van der Waals surface area (Å²) in [4.78, 5) is 5.12. The quantitative estimate of drug-likeness (QED) is 0.0638. The standard InChI is InChI=1S/C72H86N2/c1-16-21-22-23-27-42-72(57-30-25-24-26-31-57)64-49-60(73(66-53(8)45-51(6)46-54(66)9)58-32-28-40-70(14,43-38-58)68(12,17-2)18-3)34-36-62(64)63-37-35-61(50-65(63)72)74(67-55(10)47-52(7)48-56(67)11)59-33-29-41-71(15,44-39-59)69(13,19-4)20-5/h16,21-22,24-26,28-41,43-50H,1,17-20,23,27,42H2,2-15H3/b22-21+. The van der Waals surface area contributed by atoms with Crippen LogP contribution in [0.5, 0.6) is 0 Å². The van der Waals surface area contributed by atoms with Crippen LogP contribution in [-0.4, -0.2) is 0 Å². The molecule has 0 bridgehead atoms. The van der Waals surface area contributed by atoms with E-state index >= 15 is 0 Å². The van der Waals surface area contributed by atoms with Crippen molar-refractivity contribution >= 4 is 22.7 Å². The number of aryl methyl sites for hydroxylation is 6. The van der Waals surface area contributed by atoms with Gasteiger partial charge in [-0.1, -0.05) is 195 Å². The van der Waals surface area contributed by atoms with Crippen LogP contribution in [-0.2, 0) is 5.41 Å². The lowest BCUT2D eigenvalue weighted by atomic mass is 9.62. The van der Waals surface area contributed by atoms with E-state index < -0.39 is 5.41 Å². The predicted octanol–water partition coefficient (Wildman–Crippen LogP) is 20.7. The van der Waals surface area contributed by atoms with Crippen molar-refractivity contribution in [2.75, 3.05) is 9.80 Å². The lowest BCUT2D eigenvalue weighted by Crippen LogP contribution is -2.33. The molecule has 0 fully saturated rings. The second-order valence-corrected chi connectivity index (χ2v) is 23.1. The summed E-state index contributed by atoms with van der Waals surface area (Å²) in [6.45, 7) is 36.7. The fourth-order valence-corrected chi connectivity index (χ4v) is 13.2. The molecule has 0 aromatic heterocycles. The Hall–Kier alpha value is -6.38. The first-order chi connectivity index (χ1) is 35.4. The number of fused-ring (bicyclic) bond motifs is 3. The molecule has 2 unspecified atom stereocenters. The minimum absolute atomic E-state index is 0.106. The van der Waals surface area contributed by atoms with E-state index in [2.05, 4.69) is 277 Å². The van der Waals surface area contributed by atoms with Gasteiger partial charge in [0.25, 0.3) is 0 Å². The molecule has 0 aliphatic heterocycles. The summed E-state index contributed by atoms with van der Waals surface area (Å²) in [5, 5.41) is 0. The Morgan fingerprint density at radius 3 is 1.35 bits per heavy atom. The number of nitrogens with zero attached hydrogens (tertiary/aromatic N) is 2. The molecule has 0 saturated carbocycles. The maximum absolute atomic E-state index is 4.02. The van der Waals surface area contributed by atoms with Crippen LogP contribution < -0.4 is 9.80 Å². The van der Waals surface area contributed by atoms with Crippen molar-refractivity contribution in [3.63, 3.8) is 0 Å². The third-order valence-corrected chi connectivity index (χ3v) is 18.8. The number of unbranched alkanes of at least 4 members (excludes halogenated alkanes) is 1. The minimum Gasteiger partial charge on any atom is -0.310 e. The molecule has 0 saturated heterocycles. The van der Waals surface area contributed by atoms with E-state index in [1.807, 2.05) is 6.08 Å². The zero-order chi connectivity index (χ0) is 53.2. The molecule has 0 N–H and O–H groups in total. The zero-order valence-electron chi connectivity index (χ0n) is 47.7. The van der Waals surface area contributed by atoms with Crippen LogP contribution in [0.3, 0.4) is 0 Å². The van der Waals surface area contributed by atoms with Crippen LogP contribution in [0.25, 0.3) is 11.1 Å². The highest BCUT2D eigenvalue weighted by atomic mass is 15.2. The van der Waals surface area contributed by atoms with Gasteiger partial charge in [-0.2, -0.15) is 0 Å². The Balaban J connectivity index is 1.39. The van der Waals surface area contributed by atoms with Gasteiger partial charge in [0.1, 0.15) is 0 Å². The Labute approximate surface area is 448 Å². The van der Waals surface area contributed by atoms with Crippen molar-refractivity contribution in [1.82, 2.24) is 0 Å². The molecule has 0 amide bonds. The molecular weight excluding hydrogens is 893 g/mol. The molecule has 74 heavy (non-hydrogen) atoms. The molecule has 0 spiro atoms. The summed E-state index contributed by atoms with van der Waals surface area (Å²) in [6, 6.07) is 35.6. The highest BCUT2D eigenvalue weighted by Gasteiger charge is 2.46. The second-order valence-electron chi connectivity index (χ2n) is 23.1.